The van der Waals surface area contributed by atoms with Crippen molar-refractivity contribution in [1.29, 1.82) is 0 Å². The van der Waals surface area contributed by atoms with Gasteiger partial charge in [-0.2, -0.15) is 8.78 Å². The van der Waals surface area contributed by atoms with Crippen molar-refractivity contribution >= 4 is 45.8 Å². The van der Waals surface area contributed by atoms with Crippen LogP contribution in [0.1, 0.15) is 0 Å². The summed E-state index contributed by atoms with van der Waals surface area (Å²) in [5, 5.41) is 0.484. The lowest BCUT2D eigenvalue weighted by Crippen LogP contribution is -2.02. The van der Waals surface area contributed by atoms with Gasteiger partial charge in [-0.05, 0) is 34.7 Å². The van der Waals surface area contributed by atoms with E-state index >= 15 is 0 Å². The molecule has 0 spiro atoms. The summed E-state index contributed by atoms with van der Waals surface area (Å²) >= 11 is 13.2. The fraction of sp³-hybridized carbons (Fsp3) is 0.143. The molecule has 1 nitrogen and oxygen atoms in total. The average molecular weight is 339 g/mol. The minimum Gasteiger partial charge on any atom is -0.433 e. The van der Waals surface area contributed by atoms with E-state index in [1.54, 1.807) is 0 Å². The van der Waals surface area contributed by atoms with E-state index in [9.17, 15) is 8.78 Å². The van der Waals surface area contributed by atoms with Crippen LogP contribution in [0.25, 0.3) is 0 Å². The third-order valence-corrected chi connectivity index (χ3v) is 3.01. The molecule has 6 heteroatoms. The lowest BCUT2D eigenvalue weighted by molar-refractivity contribution is -0.0498. The highest BCUT2D eigenvalue weighted by Crippen LogP contribution is 2.32. The van der Waals surface area contributed by atoms with E-state index < -0.39 is 6.61 Å². The van der Waals surface area contributed by atoms with Gasteiger partial charge in [0.05, 0.1) is 10.0 Å². The van der Waals surface area contributed by atoms with Crippen LogP contribution in [0.5, 0.6) is 5.75 Å². The number of hydrogen-bond acceptors (Lipinski definition) is 1. The molecule has 13 heavy (non-hydrogen) atoms. The first kappa shape index (κ1) is 11.3. The van der Waals surface area contributed by atoms with Crippen molar-refractivity contribution in [2.45, 2.75) is 6.61 Å². The highest BCUT2D eigenvalue weighted by atomic mass is 127. The third-order valence-electron chi connectivity index (χ3n) is 1.19. The molecule has 0 fully saturated rings. The monoisotopic (exact) mass is 338 g/mol. The van der Waals surface area contributed by atoms with Crippen molar-refractivity contribution in [3.05, 3.63) is 25.7 Å². The second kappa shape index (κ2) is 4.61. The molecule has 0 aliphatic carbocycles. The Hall–Kier alpha value is 0.190. The molecule has 0 saturated heterocycles. The van der Waals surface area contributed by atoms with E-state index in [-0.39, 0.29) is 10.8 Å². The molecular weight excluding hydrogens is 336 g/mol. The van der Waals surface area contributed by atoms with Crippen LogP contribution in [0.4, 0.5) is 8.78 Å². The number of ether oxygens (including phenoxy) is 1. The average Bonchev–Trinajstić information content (AvgIpc) is 1.99. The number of halogens is 5. The standard InChI is InChI=1S/C7H3Cl2F2IO/c8-3-1-4(9)6(2-5(3)12)13-7(10)11/h1-2,7H. The summed E-state index contributed by atoms with van der Waals surface area (Å²) in [7, 11) is 0. The Balaban J connectivity index is 3.01. The van der Waals surface area contributed by atoms with Gasteiger partial charge in [0.25, 0.3) is 0 Å². The highest BCUT2D eigenvalue weighted by molar-refractivity contribution is 14.1. The molecule has 1 rings (SSSR count). The minimum atomic E-state index is -2.88. The Morgan fingerprint density at radius 3 is 2.38 bits per heavy atom. The van der Waals surface area contributed by atoms with Gasteiger partial charge in [0.2, 0.25) is 0 Å². The van der Waals surface area contributed by atoms with Gasteiger partial charge in [-0.25, -0.2) is 0 Å². The first-order chi connectivity index (χ1) is 6.00. The predicted molar refractivity (Wildman–Crippen MR) is 55.8 cm³/mol. The quantitative estimate of drug-likeness (QED) is 0.580. The Bertz CT molecular complexity index is 320. The smallest absolute Gasteiger partial charge is 0.387 e. The van der Waals surface area contributed by atoms with Crippen molar-refractivity contribution in [3.8, 4) is 5.75 Å². The summed E-state index contributed by atoms with van der Waals surface area (Å²) < 4.78 is 28.4. The molecule has 0 heterocycles. The number of benzene rings is 1. The van der Waals surface area contributed by atoms with Gasteiger partial charge < -0.3 is 4.74 Å². The molecule has 72 valence electrons. The van der Waals surface area contributed by atoms with Crippen LogP contribution < -0.4 is 4.74 Å². The van der Waals surface area contributed by atoms with Gasteiger partial charge in [0, 0.05) is 3.57 Å². The summed E-state index contributed by atoms with van der Waals surface area (Å²) in [6, 6.07) is 2.72. The van der Waals surface area contributed by atoms with Crippen LogP contribution in [0.15, 0.2) is 12.1 Å². The van der Waals surface area contributed by atoms with E-state index in [0.717, 1.165) is 0 Å². The third kappa shape index (κ3) is 3.11. The molecule has 0 aliphatic rings. The van der Waals surface area contributed by atoms with Crippen molar-refractivity contribution < 1.29 is 13.5 Å². The Morgan fingerprint density at radius 1 is 1.23 bits per heavy atom. The zero-order chi connectivity index (χ0) is 10.0. The second-order valence-corrected chi connectivity index (χ2v) is 4.05. The molecule has 0 unspecified atom stereocenters. The number of rotatable bonds is 2. The molecule has 1 aromatic rings. The Kier molecular flexibility index (Phi) is 4.00. The van der Waals surface area contributed by atoms with Crippen molar-refractivity contribution in [3.63, 3.8) is 0 Å². The first-order valence-corrected chi connectivity index (χ1v) is 4.93. The fourth-order valence-electron chi connectivity index (χ4n) is 0.691. The van der Waals surface area contributed by atoms with Gasteiger partial charge in [0.1, 0.15) is 5.75 Å². The molecule has 0 aliphatic heterocycles. The number of alkyl halides is 2. The molecule has 0 aromatic heterocycles. The fourth-order valence-corrected chi connectivity index (χ4v) is 1.56. The second-order valence-electron chi connectivity index (χ2n) is 2.08. The zero-order valence-electron chi connectivity index (χ0n) is 6.03. The minimum absolute atomic E-state index is 0.0644. The maximum atomic E-state index is 11.8. The summed E-state index contributed by atoms with van der Waals surface area (Å²) in [5.74, 6) is -0.0644. The zero-order valence-corrected chi connectivity index (χ0v) is 9.70. The molecule has 0 amide bonds. The Morgan fingerprint density at radius 2 is 1.85 bits per heavy atom. The SMILES string of the molecule is FC(F)Oc1cc(I)c(Cl)cc1Cl. The highest BCUT2D eigenvalue weighted by Gasteiger charge is 2.10. The molecule has 0 atom stereocenters. The van der Waals surface area contributed by atoms with Crippen LogP contribution in [0.2, 0.25) is 10.0 Å². The van der Waals surface area contributed by atoms with Gasteiger partial charge in [-0.15, -0.1) is 0 Å². The van der Waals surface area contributed by atoms with E-state index in [0.29, 0.717) is 8.59 Å². The van der Waals surface area contributed by atoms with Crippen molar-refractivity contribution in [2.75, 3.05) is 0 Å². The maximum Gasteiger partial charge on any atom is 0.387 e. The largest absolute Gasteiger partial charge is 0.433 e. The molecule has 0 saturated carbocycles. The number of hydrogen-bond donors (Lipinski definition) is 0. The van der Waals surface area contributed by atoms with Gasteiger partial charge >= 0.3 is 6.61 Å². The van der Waals surface area contributed by atoms with Crippen LogP contribution in [-0.4, -0.2) is 6.61 Å². The van der Waals surface area contributed by atoms with Gasteiger partial charge in [-0.1, -0.05) is 23.2 Å². The van der Waals surface area contributed by atoms with Crippen LogP contribution in [0.3, 0.4) is 0 Å². The first-order valence-electron chi connectivity index (χ1n) is 3.10. The van der Waals surface area contributed by atoms with E-state index in [1.165, 1.54) is 12.1 Å². The van der Waals surface area contributed by atoms with Crippen LogP contribution in [0, 0.1) is 3.57 Å². The lowest BCUT2D eigenvalue weighted by Gasteiger charge is -2.07. The van der Waals surface area contributed by atoms with Gasteiger partial charge in [0.15, 0.2) is 0 Å². The maximum absolute atomic E-state index is 11.8. The van der Waals surface area contributed by atoms with Gasteiger partial charge in [-0.3, -0.25) is 0 Å². The van der Waals surface area contributed by atoms with E-state index in [2.05, 4.69) is 4.74 Å². The molecule has 0 bridgehead atoms. The predicted octanol–water partition coefficient (Wildman–Crippen LogP) is 4.20. The van der Waals surface area contributed by atoms with Crippen LogP contribution in [-0.2, 0) is 0 Å². The van der Waals surface area contributed by atoms with E-state index in [4.69, 9.17) is 23.2 Å². The molecule has 0 radical (unpaired) electrons. The normalized spacial score (nSPS) is 10.6. The molecule has 0 N–H and O–H groups in total. The summed E-state index contributed by atoms with van der Waals surface area (Å²) in [6.07, 6.45) is 0. The van der Waals surface area contributed by atoms with Crippen molar-refractivity contribution in [1.82, 2.24) is 0 Å². The van der Waals surface area contributed by atoms with E-state index in [1.807, 2.05) is 22.6 Å². The molecular formula is C7H3Cl2F2IO. The lowest BCUT2D eigenvalue weighted by atomic mass is 10.3. The summed E-state index contributed by atoms with van der Waals surface area (Å²) in [6.45, 7) is -2.88. The topological polar surface area (TPSA) is 9.23 Å². The summed E-state index contributed by atoms with van der Waals surface area (Å²) in [4.78, 5) is 0. The van der Waals surface area contributed by atoms with Crippen molar-refractivity contribution in [2.24, 2.45) is 0 Å². The summed E-state index contributed by atoms with van der Waals surface area (Å²) in [5.41, 5.74) is 0. The Labute approximate surface area is 97.1 Å². The molecule has 1 aromatic carbocycles. The van der Waals surface area contributed by atoms with Crippen LogP contribution >= 0.6 is 45.8 Å².